The van der Waals surface area contributed by atoms with E-state index in [-0.39, 0.29) is 6.04 Å². The van der Waals surface area contributed by atoms with Crippen molar-refractivity contribution in [3.05, 3.63) is 35.4 Å². The quantitative estimate of drug-likeness (QED) is 0.874. The number of nitrogens with zero attached hydrogens (tertiary/aromatic N) is 1. The normalized spacial score (nSPS) is 19.9. The molecule has 2 rings (SSSR count). The summed E-state index contributed by atoms with van der Waals surface area (Å²) in [6, 6.07) is 6.75. The van der Waals surface area contributed by atoms with Crippen molar-refractivity contribution in [2.45, 2.75) is 58.2 Å². The maximum atomic E-state index is 12.0. The van der Waals surface area contributed by atoms with E-state index in [4.69, 9.17) is 4.74 Å². The summed E-state index contributed by atoms with van der Waals surface area (Å²) >= 11 is 0. The van der Waals surface area contributed by atoms with Gasteiger partial charge in [-0.15, -0.1) is 0 Å². The highest BCUT2D eigenvalue weighted by molar-refractivity contribution is 5.75. The monoisotopic (exact) mass is 348 g/mol. The van der Waals surface area contributed by atoms with Gasteiger partial charge in [0, 0.05) is 12.6 Å². The smallest absolute Gasteiger partial charge is 0.407 e. The molecule has 6 nitrogen and oxygen atoms in total. The second-order valence-corrected chi connectivity index (χ2v) is 7.63. The first kappa shape index (κ1) is 19.2. The minimum atomic E-state index is -0.873. The van der Waals surface area contributed by atoms with Crippen LogP contribution in [0.3, 0.4) is 0 Å². The number of piperidine rings is 1. The number of hydrogen-bond acceptors (Lipinski definition) is 4. The lowest BCUT2D eigenvalue weighted by atomic mass is 9.99. The number of ether oxygens (including phenoxy) is 1. The summed E-state index contributed by atoms with van der Waals surface area (Å²) in [5.74, 6) is -0.873. The molecule has 1 aromatic rings. The lowest BCUT2D eigenvalue weighted by molar-refractivity contribution is -0.144. The van der Waals surface area contributed by atoms with E-state index in [9.17, 15) is 14.7 Å². The predicted molar refractivity (Wildman–Crippen MR) is 95.5 cm³/mol. The minimum Gasteiger partial charge on any atom is -0.480 e. The van der Waals surface area contributed by atoms with Gasteiger partial charge in [0.1, 0.15) is 11.6 Å². The van der Waals surface area contributed by atoms with Crippen molar-refractivity contribution in [3.8, 4) is 0 Å². The zero-order chi connectivity index (χ0) is 18.6. The van der Waals surface area contributed by atoms with Gasteiger partial charge in [-0.3, -0.25) is 9.69 Å². The number of carboxylic acid groups (broad SMARTS) is 1. The van der Waals surface area contributed by atoms with Crippen LogP contribution in [-0.4, -0.2) is 46.8 Å². The predicted octanol–water partition coefficient (Wildman–Crippen LogP) is 3.11. The molecule has 2 atom stereocenters. The molecule has 0 unspecified atom stereocenters. The van der Waals surface area contributed by atoms with E-state index in [1.165, 1.54) is 0 Å². The number of amides is 1. The van der Waals surface area contributed by atoms with E-state index >= 15 is 0 Å². The maximum Gasteiger partial charge on any atom is 0.407 e. The molecule has 0 spiro atoms. The molecule has 0 aromatic heterocycles. The number of aryl methyl sites for hydroxylation is 1. The van der Waals surface area contributed by atoms with Gasteiger partial charge in [-0.1, -0.05) is 29.8 Å². The van der Waals surface area contributed by atoms with Crippen molar-refractivity contribution in [1.29, 1.82) is 0 Å². The molecule has 25 heavy (non-hydrogen) atoms. The zero-order valence-corrected chi connectivity index (χ0v) is 15.4. The number of carboxylic acids is 1. The van der Waals surface area contributed by atoms with Crippen LogP contribution in [0, 0.1) is 6.92 Å². The van der Waals surface area contributed by atoms with Crippen LogP contribution in [0.25, 0.3) is 0 Å². The van der Waals surface area contributed by atoms with Crippen molar-refractivity contribution >= 4 is 12.1 Å². The van der Waals surface area contributed by atoms with Crippen molar-refractivity contribution in [3.63, 3.8) is 0 Å². The van der Waals surface area contributed by atoms with Crippen LogP contribution in [0.1, 0.15) is 50.8 Å². The Hall–Kier alpha value is -2.08. The van der Waals surface area contributed by atoms with Crippen LogP contribution >= 0.6 is 0 Å². The highest BCUT2D eigenvalue weighted by Gasteiger charge is 2.32. The molecule has 0 radical (unpaired) electrons. The van der Waals surface area contributed by atoms with Gasteiger partial charge in [-0.05, 0) is 52.6 Å². The zero-order valence-electron chi connectivity index (χ0n) is 15.4. The van der Waals surface area contributed by atoms with Gasteiger partial charge in [0.05, 0.1) is 0 Å². The van der Waals surface area contributed by atoms with Gasteiger partial charge in [0.15, 0.2) is 0 Å². The Bertz CT molecular complexity index is 607. The Morgan fingerprint density at radius 3 is 2.48 bits per heavy atom. The first-order chi connectivity index (χ1) is 11.7. The Morgan fingerprint density at radius 2 is 1.92 bits per heavy atom. The van der Waals surface area contributed by atoms with Crippen molar-refractivity contribution in [2.24, 2.45) is 0 Å². The van der Waals surface area contributed by atoms with E-state index in [1.54, 1.807) is 0 Å². The number of likely N-dealkylation sites (tertiary alicyclic amines) is 1. The molecule has 1 aromatic carbocycles. The molecule has 0 saturated carbocycles. The molecule has 0 aliphatic carbocycles. The number of carbonyl (C=O) groups is 2. The van der Waals surface area contributed by atoms with E-state index in [0.29, 0.717) is 13.1 Å². The lowest BCUT2D eigenvalue weighted by Gasteiger charge is -2.37. The Morgan fingerprint density at radius 1 is 1.28 bits per heavy atom. The fraction of sp³-hybridized carbons (Fsp3) is 0.579. The van der Waals surface area contributed by atoms with Crippen LogP contribution in [-0.2, 0) is 9.53 Å². The van der Waals surface area contributed by atoms with Gasteiger partial charge in [0.2, 0.25) is 0 Å². The SMILES string of the molecule is Cc1ccc([C@@H](C(=O)O)N2CCC[C@@H](NC(=O)OC(C)(C)C)C2)cc1. The molecule has 1 amide bonds. The number of nitrogens with one attached hydrogen (secondary N) is 1. The standard InChI is InChI=1S/C19H28N2O4/c1-13-7-9-14(10-8-13)16(17(22)23)21-11-5-6-15(12-21)20-18(24)25-19(2,3)4/h7-10,15-16H,5-6,11-12H2,1-4H3,(H,20,24)(H,22,23)/t15-,16+/m1/s1. The third-order valence-electron chi connectivity index (χ3n) is 4.17. The highest BCUT2D eigenvalue weighted by atomic mass is 16.6. The van der Waals surface area contributed by atoms with Gasteiger partial charge < -0.3 is 15.2 Å². The molecule has 1 saturated heterocycles. The van der Waals surface area contributed by atoms with Crippen LogP contribution in [0.5, 0.6) is 0 Å². The lowest BCUT2D eigenvalue weighted by Crippen LogP contribution is -2.50. The third kappa shape index (κ3) is 5.74. The van der Waals surface area contributed by atoms with Gasteiger partial charge in [0.25, 0.3) is 0 Å². The number of benzene rings is 1. The topological polar surface area (TPSA) is 78.9 Å². The van der Waals surface area contributed by atoms with Crippen molar-refractivity contribution < 1.29 is 19.4 Å². The molecule has 1 fully saturated rings. The second-order valence-electron chi connectivity index (χ2n) is 7.63. The molecule has 1 aliphatic rings. The van der Waals surface area contributed by atoms with Gasteiger partial charge in [-0.2, -0.15) is 0 Å². The van der Waals surface area contributed by atoms with Crippen molar-refractivity contribution in [1.82, 2.24) is 10.2 Å². The summed E-state index contributed by atoms with van der Waals surface area (Å²) in [6.45, 7) is 8.61. The third-order valence-corrected chi connectivity index (χ3v) is 4.17. The summed E-state index contributed by atoms with van der Waals surface area (Å²) in [7, 11) is 0. The molecule has 138 valence electrons. The number of alkyl carbamates (subject to hydrolysis) is 1. The Kier molecular flexibility index (Phi) is 6.06. The number of carbonyl (C=O) groups excluding carboxylic acids is 1. The molecule has 2 N–H and O–H groups in total. The summed E-state index contributed by atoms with van der Waals surface area (Å²) in [4.78, 5) is 25.7. The summed E-state index contributed by atoms with van der Waals surface area (Å²) in [6.07, 6.45) is 1.19. The second kappa shape index (κ2) is 7.87. The Labute approximate surface area is 149 Å². The van der Waals surface area contributed by atoms with Crippen LogP contribution in [0.4, 0.5) is 4.79 Å². The Balaban J connectivity index is 2.06. The van der Waals surface area contributed by atoms with E-state index in [1.807, 2.05) is 56.9 Å². The molecule has 1 heterocycles. The highest BCUT2D eigenvalue weighted by Crippen LogP contribution is 2.25. The average Bonchev–Trinajstić information content (AvgIpc) is 2.47. The summed E-state index contributed by atoms with van der Waals surface area (Å²) in [5.41, 5.74) is 1.30. The minimum absolute atomic E-state index is 0.115. The number of hydrogen-bond donors (Lipinski definition) is 2. The van der Waals surface area contributed by atoms with Gasteiger partial charge >= 0.3 is 12.1 Å². The molecule has 6 heteroatoms. The van der Waals surface area contributed by atoms with Crippen LogP contribution in [0.2, 0.25) is 0 Å². The first-order valence-electron chi connectivity index (χ1n) is 8.68. The summed E-state index contributed by atoms with van der Waals surface area (Å²) < 4.78 is 5.30. The fourth-order valence-corrected chi connectivity index (χ4v) is 3.09. The first-order valence-corrected chi connectivity index (χ1v) is 8.68. The van der Waals surface area contributed by atoms with E-state index in [2.05, 4.69) is 5.32 Å². The molecule has 0 bridgehead atoms. The molecular weight excluding hydrogens is 320 g/mol. The van der Waals surface area contributed by atoms with E-state index in [0.717, 1.165) is 24.0 Å². The number of rotatable bonds is 4. The fourth-order valence-electron chi connectivity index (χ4n) is 3.09. The van der Waals surface area contributed by atoms with Crippen molar-refractivity contribution in [2.75, 3.05) is 13.1 Å². The molecular formula is C19H28N2O4. The molecule has 1 aliphatic heterocycles. The average molecular weight is 348 g/mol. The van der Waals surface area contributed by atoms with E-state index < -0.39 is 23.7 Å². The van der Waals surface area contributed by atoms with Crippen LogP contribution < -0.4 is 5.32 Å². The summed E-state index contributed by atoms with van der Waals surface area (Å²) in [5, 5.41) is 12.6. The largest absolute Gasteiger partial charge is 0.480 e. The maximum absolute atomic E-state index is 12.0. The number of aliphatic carboxylic acids is 1. The van der Waals surface area contributed by atoms with Crippen LogP contribution in [0.15, 0.2) is 24.3 Å². The van der Waals surface area contributed by atoms with Gasteiger partial charge in [-0.25, -0.2) is 4.79 Å².